The number of rotatable bonds is 0. The minimum atomic E-state index is 0.941. The quantitative estimate of drug-likeness (QED) is 0.530. The third kappa shape index (κ3) is 1.50. The topological polar surface area (TPSA) is 12.9 Å². The van der Waals surface area contributed by atoms with Crippen LogP contribution in [0.15, 0.2) is 10.8 Å². The second-order valence-electron chi connectivity index (χ2n) is 2.17. The molecule has 0 fully saturated rings. The minimum absolute atomic E-state index is 0.941. The van der Waals surface area contributed by atoms with E-state index in [0.29, 0.717) is 0 Å². The maximum absolute atomic E-state index is 4.15. The third-order valence-corrected chi connectivity index (χ3v) is 4.14. The average molecular weight is 312 g/mol. The highest BCUT2D eigenvalue weighted by Crippen LogP contribution is 2.21. The molecule has 1 rings (SSSR count). The van der Waals surface area contributed by atoms with Crippen molar-refractivity contribution in [2.45, 2.75) is 13.8 Å². The first-order valence-electron chi connectivity index (χ1n) is 2.90. The molecule has 0 radical (unpaired) electrons. The molecule has 0 aliphatic rings. The van der Waals surface area contributed by atoms with Crippen molar-refractivity contribution >= 4 is 38.5 Å². The summed E-state index contributed by atoms with van der Waals surface area (Å²) in [6.45, 7) is 4.17. The monoisotopic (exact) mass is 311 g/mol. The fourth-order valence-electron chi connectivity index (χ4n) is 0.635. The van der Waals surface area contributed by atoms with Crippen LogP contribution < -0.4 is 0 Å². The van der Waals surface area contributed by atoms with Crippen molar-refractivity contribution in [2.24, 2.45) is 0 Å². The number of hydrogen-bond acceptors (Lipinski definition) is 1. The molecular weight excluding hydrogens is 305 g/mol. The van der Waals surface area contributed by atoms with E-state index in [-0.39, 0.29) is 0 Å². The number of nitrogens with zero attached hydrogens (tertiary/aromatic N) is 1. The van der Waals surface area contributed by atoms with Gasteiger partial charge in [-0.3, -0.25) is 0 Å². The van der Waals surface area contributed by atoms with E-state index in [1.165, 1.54) is 14.7 Å². The van der Waals surface area contributed by atoms with Gasteiger partial charge in [-0.15, -0.1) is 0 Å². The lowest BCUT2D eigenvalue weighted by Crippen LogP contribution is -1.89. The van der Waals surface area contributed by atoms with Gasteiger partial charge in [-0.05, 0) is 63.5 Å². The van der Waals surface area contributed by atoms with Gasteiger partial charge in [-0.25, -0.2) is 4.98 Å². The lowest BCUT2D eigenvalue weighted by atomic mass is 10.2. The van der Waals surface area contributed by atoms with Crippen LogP contribution in [0.3, 0.4) is 0 Å². The van der Waals surface area contributed by atoms with Gasteiger partial charge in [0.15, 0.2) is 0 Å². The fraction of sp³-hybridized carbons (Fsp3) is 0.286. The number of halogens is 2. The Morgan fingerprint density at radius 3 is 2.60 bits per heavy atom. The molecule has 0 amide bonds. The summed E-state index contributed by atoms with van der Waals surface area (Å²) in [7, 11) is 0. The molecule has 0 atom stereocenters. The van der Waals surface area contributed by atoms with Crippen LogP contribution in [0.5, 0.6) is 0 Å². The molecule has 0 bridgehead atoms. The smallest absolute Gasteiger partial charge is 0.119 e. The largest absolute Gasteiger partial charge is 0.248 e. The summed E-state index contributed by atoms with van der Waals surface area (Å²) in [4.78, 5) is 4.15. The van der Waals surface area contributed by atoms with Crippen molar-refractivity contribution in [3.05, 3.63) is 25.5 Å². The Labute approximate surface area is 82.5 Å². The lowest BCUT2D eigenvalue weighted by molar-refractivity contribution is 1.16. The van der Waals surface area contributed by atoms with Crippen LogP contribution in [-0.2, 0) is 0 Å². The van der Waals surface area contributed by atoms with E-state index in [1.807, 2.05) is 6.20 Å². The Bertz CT molecular complexity index is 233. The van der Waals surface area contributed by atoms with E-state index >= 15 is 0 Å². The normalized spacial score (nSPS) is 10.0. The van der Waals surface area contributed by atoms with Gasteiger partial charge in [0.1, 0.15) is 4.60 Å². The highest BCUT2D eigenvalue weighted by atomic mass is 127. The Balaban J connectivity index is 3.34. The van der Waals surface area contributed by atoms with Crippen molar-refractivity contribution in [1.29, 1.82) is 0 Å². The van der Waals surface area contributed by atoms with Crippen molar-refractivity contribution in [2.75, 3.05) is 0 Å². The maximum atomic E-state index is 4.15. The van der Waals surface area contributed by atoms with Gasteiger partial charge in [0.2, 0.25) is 0 Å². The van der Waals surface area contributed by atoms with Crippen molar-refractivity contribution in [1.82, 2.24) is 4.98 Å². The SMILES string of the molecule is Cc1cnc(Br)c(I)c1C. The van der Waals surface area contributed by atoms with Gasteiger partial charge >= 0.3 is 0 Å². The summed E-state index contributed by atoms with van der Waals surface area (Å²) >= 11 is 5.65. The van der Waals surface area contributed by atoms with Gasteiger partial charge < -0.3 is 0 Å². The Morgan fingerprint density at radius 1 is 1.50 bits per heavy atom. The summed E-state index contributed by atoms with van der Waals surface area (Å²) in [5.74, 6) is 0. The molecular formula is C7H7BrIN. The molecule has 1 aromatic heterocycles. The predicted octanol–water partition coefficient (Wildman–Crippen LogP) is 3.07. The summed E-state index contributed by atoms with van der Waals surface area (Å²) in [5, 5.41) is 0. The maximum Gasteiger partial charge on any atom is 0.119 e. The summed E-state index contributed by atoms with van der Waals surface area (Å²) < 4.78 is 2.15. The van der Waals surface area contributed by atoms with Crippen LogP contribution in [0.4, 0.5) is 0 Å². The van der Waals surface area contributed by atoms with E-state index < -0.39 is 0 Å². The van der Waals surface area contributed by atoms with Gasteiger partial charge in [-0.2, -0.15) is 0 Å². The summed E-state index contributed by atoms with van der Waals surface area (Å²) in [6, 6.07) is 0. The van der Waals surface area contributed by atoms with Crippen LogP contribution in [0.2, 0.25) is 0 Å². The molecule has 0 saturated carbocycles. The van der Waals surface area contributed by atoms with Crippen LogP contribution in [0, 0.1) is 17.4 Å². The van der Waals surface area contributed by atoms with Crippen LogP contribution in [0.1, 0.15) is 11.1 Å². The Kier molecular flexibility index (Phi) is 2.68. The van der Waals surface area contributed by atoms with E-state index in [0.717, 1.165) is 4.60 Å². The Morgan fingerprint density at radius 2 is 2.10 bits per heavy atom. The van der Waals surface area contributed by atoms with Gasteiger partial charge in [0, 0.05) is 9.77 Å². The van der Waals surface area contributed by atoms with E-state index in [4.69, 9.17) is 0 Å². The molecule has 0 aliphatic heterocycles. The van der Waals surface area contributed by atoms with Crippen molar-refractivity contribution < 1.29 is 0 Å². The van der Waals surface area contributed by atoms with E-state index in [2.05, 4.69) is 57.4 Å². The number of aryl methyl sites for hydroxylation is 1. The van der Waals surface area contributed by atoms with Gasteiger partial charge in [0.25, 0.3) is 0 Å². The average Bonchev–Trinajstić information content (AvgIpc) is 1.93. The van der Waals surface area contributed by atoms with Crippen LogP contribution in [0.25, 0.3) is 0 Å². The molecule has 10 heavy (non-hydrogen) atoms. The van der Waals surface area contributed by atoms with Gasteiger partial charge in [0.05, 0.1) is 0 Å². The molecule has 3 heteroatoms. The molecule has 0 N–H and O–H groups in total. The first-order valence-corrected chi connectivity index (χ1v) is 4.77. The van der Waals surface area contributed by atoms with E-state index in [9.17, 15) is 0 Å². The molecule has 1 heterocycles. The molecule has 0 aromatic carbocycles. The third-order valence-electron chi connectivity index (χ3n) is 1.47. The second kappa shape index (κ2) is 3.17. The van der Waals surface area contributed by atoms with Crippen LogP contribution >= 0.6 is 38.5 Å². The molecule has 1 aromatic rings. The molecule has 0 aliphatic carbocycles. The summed E-state index contributed by atoms with van der Waals surface area (Å²) in [6.07, 6.45) is 1.88. The standard InChI is InChI=1S/C7H7BrIN/c1-4-3-10-7(8)6(9)5(4)2/h3H,1-2H3. The molecule has 0 spiro atoms. The highest BCUT2D eigenvalue weighted by molar-refractivity contribution is 14.1. The van der Waals surface area contributed by atoms with E-state index in [1.54, 1.807) is 0 Å². The molecule has 0 unspecified atom stereocenters. The first-order chi connectivity index (χ1) is 4.63. The fourth-order valence-corrected chi connectivity index (χ4v) is 1.60. The zero-order chi connectivity index (χ0) is 7.72. The first kappa shape index (κ1) is 8.46. The molecule has 54 valence electrons. The number of hydrogen-bond donors (Lipinski definition) is 0. The zero-order valence-electron chi connectivity index (χ0n) is 5.78. The molecule has 1 nitrogen and oxygen atoms in total. The zero-order valence-corrected chi connectivity index (χ0v) is 9.52. The predicted molar refractivity (Wildman–Crippen MR) is 54.1 cm³/mol. The van der Waals surface area contributed by atoms with Crippen molar-refractivity contribution in [3.63, 3.8) is 0 Å². The minimum Gasteiger partial charge on any atom is -0.248 e. The number of aromatic nitrogens is 1. The Hall–Kier alpha value is 0.360. The highest BCUT2D eigenvalue weighted by Gasteiger charge is 2.02. The second-order valence-corrected chi connectivity index (χ2v) is 4.00. The summed E-state index contributed by atoms with van der Waals surface area (Å²) in [5.41, 5.74) is 2.55. The van der Waals surface area contributed by atoms with Crippen LogP contribution in [-0.4, -0.2) is 4.98 Å². The van der Waals surface area contributed by atoms with Gasteiger partial charge in [-0.1, -0.05) is 0 Å². The molecule has 0 saturated heterocycles. The lowest BCUT2D eigenvalue weighted by Gasteiger charge is -2.02. The number of pyridine rings is 1. The van der Waals surface area contributed by atoms with Crippen molar-refractivity contribution in [3.8, 4) is 0 Å².